The van der Waals surface area contributed by atoms with Gasteiger partial charge in [-0.1, -0.05) is 156 Å². The zero-order chi connectivity index (χ0) is 44.4. The second-order valence-electron chi connectivity index (χ2n) is 17.4. The molecule has 11 nitrogen and oxygen atoms in total. The molecule has 0 radical (unpaired) electrons. The third-order valence-corrected chi connectivity index (χ3v) is 11.0. The van der Waals surface area contributed by atoms with Gasteiger partial charge in [-0.15, -0.1) is 0 Å². The van der Waals surface area contributed by atoms with Crippen molar-refractivity contribution in [2.45, 2.75) is 161 Å². The van der Waals surface area contributed by atoms with Gasteiger partial charge in [0.2, 0.25) is 11.8 Å². The fraction of sp³-hybridized carbons (Fsp3) is 0.549. The van der Waals surface area contributed by atoms with Crippen molar-refractivity contribution in [2.24, 2.45) is 0 Å². The molecule has 4 rings (SSSR count). The minimum atomic E-state index is -0.958. The molecule has 62 heavy (non-hydrogen) atoms. The maximum Gasteiger partial charge on any atom is 0.407 e. The number of carbonyl (C=O) groups excluding carboxylic acids is 5. The van der Waals surface area contributed by atoms with Crippen LogP contribution in [0.15, 0.2) is 78.9 Å². The Kier molecular flexibility index (Phi) is 22.1. The highest BCUT2D eigenvalue weighted by Gasteiger charge is 2.29. The van der Waals surface area contributed by atoms with Crippen LogP contribution in [0.2, 0.25) is 0 Å². The highest BCUT2D eigenvalue weighted by molar-refractivity contribution is 5.85. The lowest BCUT2D eigenvalue weighted by Crippen LogP contribution is -2.43. The van der Waals surface area contributed by atoms with E-state index >= 15 is 0 Å². The van der Waals surface area contributed by atoms with Crippen LogP contribution >= 0.6 is 0 Å². The van der Waals surface area contributed by atoms with Crippen LogP contribution in [0, 0.1) is 0 Å². The molecule has 0 aliphatic heterocycles. The fourth-order valence-corrected chi connectivity index (χ4v) is 7.79. The van der Waals surface area contributed by atoms with Crippen molar-refractivity contribution in [3.05, 3.63) is 95.6 Å². The molecule has 0 heterocycles. The van der Waals surface area contributed by atoms with Gasteiger partial charge in [-0.05, 0) is 67.9 Å². The molecule has 0 fully saturated rings. The first-order chi connectivity index (χ1) is 30.0. The number of fused-ring (bicyclic) bond motifs is 3. The van der Waals surface area contributed by atoms with Crippen molar-refractivity contribution in [1.29, 1.82) is 0 Å². The van der Waals surface area contributed by atoms with E-state index in [-0.39, 0.29) is 62.8 Å². The van der Waals surface area contributed by atoms with Gasteiger partial charge in [-0.2, -0.15) is 0 Å². The number of carbonyl (C=O) groups is 5. The third kappa shape index (κ3) is 19.2. The summed E-state index contributed by atoms with van der Waals surface area (Å²) in [6.07, 6.45) is 16.0. The van der Waals surface area contributed by atoms with Gasteiger partial charge < -0.3 is 30.2 Å². The molecule has 3 amide bonds. The predicted octanol–water partition coefficient (Wildman–Crippen LogP) is 10.2. The summed E-state index contributed by atoms with van der Waals surface area (Å²) in [4.78, 5) is 63.1. The summed E-state index contributed by atoms with van der Waals surface area (Å²) >= 11 is 0. The molecule has 3 N–H and O–H groups in total. The molecule has 11 heteroatoms. The molecule has 338 valence electrons. The molecule has 0 bridgehead atoms. The molecule has 0 saturated carbocycles. The van der Waals surface area contributed by atoms with Gasteiger partial charge in [0.1, 0.15) is 24.9 Å². The van der Waals surface area contributed by atoms with E-state index in [2.05, 4.69) is 40.2 Å². The van der Waals surface area contributed by atoms with E-state index in [1.807, 2.05) is 75.4 Å². The molecular formula is C51H71N3O8. The molecule has 0 aromatic heterocycles. The van der Waals surface area contributed by atoms with E-state index in [0.29, 0.717) is 12.8 Å². The van der Waals surface area contributed by atoms with Gasteiger partial charge in [0.15, 0.2) is 0 Å². The van der Waals surface area contributed by atoms with Gasteiger partial charge in [0, 0.05) is 38.3 Å². The van der Waals surface area contributed by atoms with Crippen LogP contribution in [-0.4, -0.2) is 61.2 Å². The second-order valence-corrected chi connectivity index (χ2v) is 17.4. The average molecular weight is 854 g/mol. The topological polar surface area (TPSA) is 149 Å². The standard InChI is InChI=1S/C51H71N3O8/c1-51(2,3)62-48(57)32-20-15-13-11-9-7-5-4-6-8-10-12-14-19-31-47(56)54-45(49(58)60-37-39-25-17-16-18-26-39)33-34-46(55)52-35-36-53-50(59)61-38-44-42-29-23-21-27-40(42)41-28-22-24-30-43(41)44/h16-18,21-30,44-45H,4-15,19-20,31-38H2,1-3H3,(H,52,55)(H,53,59)(H,54,56). The number of esters is 2. The number of hydrogen-bond donors (Lipinski definition) is 3. The lowest BCUT2D eigenvalue weighted by Gasteiger charge is -2.19. The Morgan fingerprint density at radius 2 is 1.06 bits per heavy atom. The maximum atomic E-state index is 13.1. The van der Waals surface area contributed by atoms with Crippen molar-refractivity contribution >= 4 is 29.8 Å². The number of hydrogen-bond acceptors (Lipinski definition) is 8. The Balaban J connectivity index is 1.04. The van der Waals surface area contributed by atoms with E-state index in [4.69, 9.17) is 14.2 Å². The average Bonchev–Trinajstić information content (AvgIpc) is 3.57. The monoisotopic (exact) mass is 854 g/mol. The molecule has 1 aliphatic carbocycles. The summed E-state index contributed by atoms with van der Waals surface area (Å²) in [5.41, 5.74) is 4.98. The van der Waals surface area contributed by atoms with E-state index in [1.54, 1.807) is 0 Å². The number of amides is 3. The van der Waals surface area contributed by atoms with E-state index in [1.165, 1.54) is 51.4 Å². The first-order valence-corrected chi connectivity index (χ1v) is 23.1. The first-order valence-electron chi connectivity index (χ1n) is 23.1. The Hall–Kier alpha value is -5.19. The Morgan fingerprint density at radius 1 is 0.565 bits per heavy atom. The van der Waals surface area contributed by atoms with E-state index in [9.17, 15) is 24.0 Å². The van der Waals surface area contributed by atoms with Gasteiger partial charge in [0.25, 0.3) is 0 Å². The van der Waals surface area contributed by atoms with Crippen LogP contribution in [0.5, 0.6) is 0 Å². The number of rotatable bonds is 29. The van der Waals surface area contributed by atoms with Crippen LogP contribution < -0.4 is 16.0 Å². The number of benzene rings is 3. The van der Waals surface area contributed by atoms with Crippen LogP contribution in [0.1, 0.15) is 159 Å². The van der Waals surface area contributed by atoms with Gasteiger partial charge >= 0.3 is 18.0 Å². The third-order valence-electron chi connectivity index (χ3n) is 11.0. The van der Waals surface area contributed by atoms with Crippen LogP contribution in [0.4, 0.5) is 4.79 Å². The smallest absolute Gasteiger partial charge is 0.407 e. The summed E-state index contributed by atoms with van der Waals surface area (Å²) in [6.45, 7) is 6.32. The second kappa shape index (κ2) is 27.7. The summed E-state index contributed by atoms with van der Waals surface area (Å²) in [7, 11) is 0. The summed E-state index contributed by atoms with van der Waals surface area (Å²) in [5.74, 6) is -1.27. The molecular weight excluding hydrogens is 783 g/mol. The molecule has 1 atom stereocenters. The van der Waals surface area contributed by atoms with Crippen LogP contribution in [-0.2, 0) is 40.0 Å². The zero-order valence-electron chi connectivity index (χ0n) is 37.5. The largest absolute Gasteiger partial charge is 0.460 e. The van der Waals surface area contributed by atoms with Crippen molar-refractivity contribution < 1.29 is 38.2 Å². The molecule has 1 unspecified atom stereocenters. The Labute approximate surface area is 369 Å². The summed E-state index contributed by atoms with van der Waals surface area (Å²) in [6, 6.07) is 24.6. The highest BCUT2D eigenvalue weighted by Crippen LogP contribution is 2.44. The molecule has 3 aromatic rings. The Morgan fingerprint density at radius 3 is 1.63 bits per heavy atom. The van der Waals surface area contributed by atoms with Gasteiger partial charge in [0.05, 0.1) is 0 Å². The minimum absolute atomic E-state index is 0.00624. The predicted molar refractivity (Wildman–Crippen MR) is 243 cm³/mol. The number of nitrogens with one attached hydrogen (secondary N) is 3. The quantitative estimate of drug-likeness (QED) is 0.0355. The highest BCUT2D eigenvalue weighted by atomic mass is 16.6. The molecule has 3 aromatic carbocycles. The minimum Gasteiger partial charge on any atom is -0.460 e. The molecule has 1 aliphatic rings. The van der Waals surface area contributed by atoms with Gasteiger partial charge in [-0.25, -0.2) is 9.59 Å². The lowest BCUT2D eigenvalue weighted by molar-refractivity contribution is -0.155. The number of ether oxygens (including phenoxy) is 3. The van der Waals surface area contributed by atoms with Crippen molar-refractivity contribution in [3.8, 4) is 11.1 Å². The van der Waals surface area contributed by atoms with E-state index in [0.717, 1.165) is 66.3 Å². The lowest BCUT2D eigenvalue weighted by atomic mass is 9.98. The van der Waals surface area contributed by atoms with E-state index < -0.39 is 23.7 Å². The molecule has 0 spiro atoms. The number of alkyl carbamates (subject to hydrolysis) is 1. The maximum absolute atomic E-state index is 13.1. The van der Waals surface area contributed by atoms with Crippen molar-refractivity contribution in [1.82, 2.24) is 16.0 Å². The SMILES string of the molecule is CC(C)(C)OC(=O)CCCCCCCCCCCCCCCCC(=O)NC(CCC(=O)NCCNC(=O)OCC1c2ccccc2-c2ccccc21)C(=O)OCc1ccccc1. The fourth-order valence-electron chi connectivity index (χ4n) is 7.79. The van der Waals surface area contributed by atoms with Crippen LogP contribution in [0.25, 0.3) is 11.1 Å². The van der Waals surface area contributed by atoms with Crippen molar-refractivity contribution in [2.75, 3.05) is 19.7 Å². The number of unbranched alkanes of at least 4 members (excludes halogenated alkanes) is 13. The zero-order valence-corrected chi connectivity index (χ0v) is 37.5. The summed E-state index contributed by atoms with van der Waals surface area (Å²) in [5, 5.41) is 8.28. The van der Waals surface area contributed by atoms with Gasteiger partial charge in [-0.3, -0.25) is 14.4 Å². The van der Waals surface area contributed by atoms with Crippen LogP contribution in [0.3, 0.4) is 0 Å². The summed E-state index contributed by atoms with van der Waals surface area (Å²) < 4.78 is 16.5. The molecule has 0 saturated heterocycles. The van der Waals surface area contributed by atoms with Crippen molar-refractivity contribution in [3.63, 3.8) is 0 Å². The first kappa shape index (κ1) is 49.5. The Bertz CT molecular complexity index is 1780. The normalized spacial score (nSPS) is 12.4.